The number of anilines is 1. The molecular formula is C11H9ClN2O3. The van der Waals surface area contributed by atoms with Crippen LogP contribution in [0.5, 0.6) is 5.75 Å². The summed E-state index contributed by atoms with van der Waals surface area (Å²) in [6, 6.07) is 4.94. The van der Waals surface area contributed by atoms with Crippen molar-refractivity contribution in [1.82, 2.24) is 4.98 Å². The Labute approximate surface area is 102 Å². The zero-order valence-corrected chi connectivity index (χ0v) is 9.69. The molecule has 1 N–H and O–H groups in total. The molecule has 1 aromatic heterocycles. The molecule has 0 aliphatic heterocycles. The van der Waals surface area contributed by atoms with E-state index in [1.165, 1.54) is 19.7 Å². The normalized spacial score (nSPS) is 10.0. The summed E-state index contributed by atoms with van der Waals surface area (Å²) in [6.45, 7) is 0. The Bertz CT molecular complexity index is 526. The minimum absolute atomic E-state index is 0.136. The first-order valence-electron chi connectivity index (χ1n) is 4.74. The van der Waals surface area contributed by atoms with E-state index >= 15 is 0 Å². The van der Waals surface area contributed by atoms with E-state index in [1.807, 2.05) is 0 Å². The van der Waals surface area contributed by atoms with Crippen LogP contribution in [0.25, 0.3) is 0 Å². The van der Waals surface area contributed by atoms with Gasteiger partial charge in [0.2, 0.25) is 5.76 Å². The second-order valence-corrected chi connectivity index (χ2v) is 3.58. The maximum atomic E-state index is 11.6. The van der Waals surface area contributed by atoms with Crippen LogP contribution in [0, 0.1) is 0 Å². The Kier molecular flexibility index (Phi) is 3.30. The molecule has 0 spiro atoms. The molecule has 17 heavy (non-hydrogen) atoms. The molecule has 5 nitrogen and oxygen atoms in total. The molecule has 0 saturated carbocycles. The molecule has 0 fully saturated rings. The number of rotatable bonds is 3. The first kappa shape index (κ1) is 11.5. The predicted octanol–water partition coefficient (Wildman–Crippen LogP) is 2.59. The van der Waals surface area contributed by atoms with Crippen LogP contribution < -0.4 is 10.1 Å². The molecule has 0 saturated heterocycles. The molecule has 6 heteroatoms. The lowest BCUT2D eigenvalue weighted by atomic mass is 10.3. The van der Waals surface area contributed by atoms with Crippen LogP contribution >= 0.6 is 11.6 Å². The van der Waals surface area contributed by atoms with E-state index < -0.39 is 0 Å². The van der Waals surface area contributed by atoms with Gasteiger partial charge in [-0.15, -0.1) is 0 Å². The summed E-state index contributed by atoms with van der Waals surface area (Å²) in [7, 11) is 1.52. The maximum Gasteiger partial charge on any atom is 0.293 e. The van der Waals surface area contributed by atoms with Gasteiger partial charge in [0.25, 0.3) is 5.91 Å². The number of halogens is 1. The third-order valence-electron chi connectivity index (χ3n) is 2.07. The van der Waals surface area contributed by atoms with Gasteiger partial charge in [-0.25, -0.2) is 4.98 Å². The van der Waals surface area contributed by atoms with Crippen molar-refractivity contribution >= 4 is 23.2 Å². The van der Waals surface area contributed by atoms with E-state index in [-0.39, 0.29) is 11.7 Å². The number of benzene rings is 1. The van der Waals surface area contributed by atoms with Crippen LogP contribution in [0.2, 0.25) is 5.02 Å². The van der Waals surface area contributed by atoms with Gasteiger partial charge < -0.3 is 14.5 Å². The van der Waals surface area contributed by atoms with Crippen molar-refractivity contribution < 1.29 is 13.9 Å². The number of ether oxygens (including phenoxy) is 1. The molecule has 0 aliphatic carbocycles. The smallest absolute Gasteiger partial charge is 0.293 e. The minimum Gasteiger partial charge on any atom is -0.495 e. The van der Waals surface area contributed by atoms with Crippen LogP contribution in [0.4, 0.5) is 5.69 Å². The van der Waals surface area contributed by atoms with Crippen molar-refractivity contribution in [3.8, 4) is 5.75 Å². The summed E-state index contributed by atoms with van der Waals surface area (Å²) in [4.78, 5) is 15.3. The van der Waals surface area contributed by atoms with Crippen LogP contribution in [0.1, 0.15) is 10.6 Å². The molecule has 1 heterocycles. The molecule has 1 amide bonds. The largest absolute Gasteiger partial charge is 0.495 e. The fourth-order valence-corrected chi connectivity index (χ4v) is 1.52. The average molecular weight is 253 g/mol. The summed E-state index contributed by atoms with van der Waals surface area (Å²) in [5.41, 5.74) is 0.553. The van der Waals surface area contributed by atoms with Gasteiger partial charge >= 0.3 is 0 Å². The third kappa shape index (κ3) is 2.57. The van der Waals surface area contributed by atoms with E-state index in [0.29, 0.717) is 16.5 Å². The fourth-order valence-electron chi connectivity index (χ4n) is 1.26. The van der Waals surface area contributed by atoms with Gasteiger partial charge in [0.15, 0.2) is 6.39 Å². The maximum absolute atomic E-state index is 11.6. The lowest BCUT2D eigenvalue weighted by Crippen LogP contribution is -2.10. The SMILES string of the molecule is COc1ccc(NC(=O)c2cnco2)cc1Cl. The van der Waals surface area contributed by atoms with E-state index in [2.05, 4.69) is 10.3 Å². The minimum atomic E-state index is -0.385. The van der Waals surface area contributed by atoms with E-state index in [4.69, 9.17) is 20.8 Å². The Morgan fingerprint density at radius 1 is 1.53 bits per heavy atom. The van der Waals surface area contributed by atoms with Crippen LogP contribution in [-0.2, 0) is 0 Å². The molecule has 0 aliphatic rings. The fraction of sp³-hybridized carbons (Fsp3) is 0.0909. The number of carbonyl (C=O) groups excluding carboxylic acids is 1. The molecule has 2 rings (SSSR count). The zero-order valence-electron chi connectivity index (χ0n) is 8.94. The highest BCUT2D eigenvalue weighted by Gasteiger charge is 2.10. The topological polar surface area (TPSA) is 64.4 Å². The number of aromatic nitrogens is 1. The van der Waals surface area contributed by atoms with Crippen molar-refractivity contribution in [3.63, 3.8) is 0 Å². The molecule has 88 valence electrons. The number of nitrogens with zero attached hydrogens (tertiary/aromatic N) is 1. The first-order valence-corrected chi connectivity index (χ1v) is 5.12. The lowest BCUT2D eigenvalue weighted by Gasteiger charge is -2.06. The van der Waals surface area contributed by atoms with Gasteiger partial charge in [-0.1, -0.05) is 11.6 Å². The van der Waals surface area contributed by atoms with Crippen molar-refractivity contribution in [3.05, 3.63) is 41.6 Å². The van der Waals surface area contributed by atoms with Gasteiger partial charge in [-0.2, -0.15) is 0 Å². The van der Waals surface area contributed by atoms with Gasteiger partial charge in [-0.3, -0.25) is 4.79 Å². The number of hydrogen-bond acceptors (Lipinski definition) is 4. The molecule has 0 radical (unpaired) electrons. The van der Waals surface area contributed by atoms with Crippen molar-refractivity contribution in [2.75, 3.05) is 12.4 Å². The van der Waals surface area contributed by atoms with Gasteiger partial charge in [0, 0.05) is 5.69 Å². The summed E-state index contributed by atoms with van der Waals surface area (Å²) < 4.78 is 9.87. The standard InChI is InChI=1S/C11H9ClN2O3/c1-16-9-3-2-7(4-8(9)12)14-11(15)10-5-13-6-17-10/h2-6H,1H3,(H,14,15). The Balaban J connectivity index is 2.14. The van der Waals surface area contributed by atoms with Crippen molar-refractivity contribution in [2.45, 2.75) is 0 Å². The number of hydrogen-bond donors (Lipinski definition) is 1. The monoisotopic (exact) mass is 252 g/mol. The highest BCUT2D eigenvalue weighted by Crippen LogP contribution is 2.27. The van der Waals surface area contributed by atoms with Crippen LogP contribution in [0.3, 0.4) is 0 Å². The highest BCUT2D eigenvalue weighted by atomic mass is 35.5. The lowest BCUT2D eigenvalue weighted by molar-refractivity contribution is 0.0996. The van der Waals surface area contributed by atoms with E-state index in [0.717, 1.165) is 0 Å². The van der Waals surface area contributed by atoms with Crippen LogP contribution in [-0.4, -0.2) is 18.0 Å². The van der Waals surface area contributed by atoms with Gasteiger partial charge in [-0.05, 0) is 18.2 Å². The quantitative estimate of drug-likeness (QED) is 0.912. The summed E-state index contributed by atoms with van der Waals surface area (Å²) in [5, 5.41) is 3.04. The van der Waals surface area contributed by atoms with Crippen molar-refractivity contribution in [2.24, 2.45) is 0 Å². The second-order valence-electron chi connectivity index (χ2n) is 3.17. The van der Waals surface area contributed by atoms with Crippen molar-refractivity contribution in [1.29, 1.82) is 0 Å². The Morgan fingerprint density at radius 3 is 2.94 bits per heavy atom. The molecule has 1 aromatic carbocycles. The number of amides is 1. The Hall–Kier alpha value is -2.01. The number of nitrogens with one attached hydrogen (secondary N) is 1. The molecular weight excluding hydrogens is 244 g/mol. The second kappa shape index (κ2) is 4.88. The highest BCUT2D eigenvalue weighted by molar-refractivity contribution is 6.32. The van der Waals surface area contributed by atoms with E-state index in [9.17, 15) is 4.79 Å². The van der Waals surface area contributed by atoms with Gasteiger partial charge in [0.1, 0.15) is 5.75 Å². The zero-order chi connectivity index (χ0) is 12.3. The number of carbonyl (C=O) groups is 1. The third-order valence-corrected chi connectivity index (χ3v) is 2.36. The van der Waals surface area contributed by atoms with Crippen LogP contribution in [0.15, 0.2) is 35.2 Å². The summed E-state index contributed by atoms with van der Waals surface area (Å²) in [6.07, 6.45) is 2.52. The molecule has 2 aromatic rings. The summed E-state index contributed by atoms with van der Waals surface area (Å²) in [5.74, 6) is 0.296. The number of oxazole rings is 1. The first-order chi connectivity index (χ1) is 8.20. The number of methoxy groups -OCH3 is 1. The molecule has 0 atom stereocenters. The Morgan fingerprint density at radius 2 is 2.35 bits per heavy atom. The summed E-state index contributed by atoms with van der Waals surface area (Å²) >= 11 is 5.93. The van der Waals surface area contributed by atoms with Gasteiger partial charge in [0.05, 0.1) is 18.3 Å². The molecule has 0 unspecified atom stereocenters. The predicted molar refractivity (Wildman–Crippen MR) is 62.5 cm³/mol. The van der Waals surface area contributed by atoms with E-state index in [1.54, 1.807) is 18.2 Å². The molecule has 0 bridgehead atoms. The average Bonchev–Trinajstić information content (AvgIpc) is 2.82.